The van der Waals surface area contributed by atoms with Crippen molar-refractivity contribution in [3.63, 3.8) is 0 Å². The number of rotatable bonds is 4. The van der Waals surface area contributed by atoms with Gasteiger partial charge >= 0.3 is 0 Å². The summed E-state index contributed by atoms with van der Waals surface area (Å²) in [6.45, 7) is 0.750. The van der Waals surface area contributed by atoms with Crippen LogP contribution in [0.3, 0.4) is 0 Å². The van der Waals surface area contributed by atoms with Gasteiger partial charge in [0.1, 0.15) is 24.4 Å². The fourth-order valence-corrected chi connectivity index (χ4v) is 4.22. The van der Waals surface area contributed by atoms with Gasteiger partial charge in [0, 0.05) is 5.39 Å². The molecule has 2 aliphatic heterocycles. The van der Waals surface area contributed by atoms with Gasteiger partial charge in [0.2, 0.25) is 0 Å². The maximum atomic E-state index is 13.3. The lowest BCUT2D eigenvalue weighted by Crippen LogP contribution is -2.35. The smallest absolute Gasteiger partial charge is 0.273 e. The number of para-hydroxylation sites is 1. The van der Waals surface area contributed by atoms with Gasteiger partial charge in [-0.3, -0.25) is 4.79 Å². The second-order valence-electron chi connectivity index (χ2n) is 7.53. The molecule has 30 heavy (non-hydrogen) atoms. The predicted octanol–water partition coefficient (Wildman–Crippen LogP) is 1.83. The number of aliphatic hydroxyl groups excluding tert-OH is 1. The van der Waals surface area contributed by atoms with Crippen molar-refractivity contribution in [2.24, 2.45) is 0 Å². The molecule has 2 saturated heterocycles. The number of aliphatic hydroxyl groups is 1. The van der Waals surface area contributed by atoms with Gasteiger partial charge in [-0.2, -0.15) is 5.26 Å². The van der Waals surface area contributed by atoms with Crippen molar-refractivity contribution in [1.82, 2.24) is 4.57 Å². The number of benzene rings is 2. The van der Waals surface area contributed by atoms with E-state index in [9.17, 15) is 15.2 Å². The third-order valence-electron chi connectivity index (χ3n) is 5.67. The van der Waals surface area contributed by atoms with Crippen molar-refractivity contribution < 1.29 is 19.3 Å². The van der Waals surface area contributed by atoms with Crippen LogP contribution in [0.15, 0.2) is 59.4 Å². The molecule has 3 heterocycles. The molecule has 1 N–H and O–H groups in total. The highest BCUT2D eigenvalue weighted by Crippen LogP contribution is 2.34. The van der Waals surface area contributed by atoms with Crippen molar-refractivity contribution in [1.29, 1.82) is 5.26 Å². The molecule has 0 aliphatic carbocycles. The fourth-order valence-electron chi connectivity index (χ4n) is 4.22. The minimum Gasteiger partial charge on any atom is -0.483 e. The van der Waals surface area contributed by atoms with E-state index in [0.717, 1.165) is 5.56 Å². The molecule has 2 aliphatic rings. The second-order valence-corrected chi connectivity index (χ2v) is 7.53. The molecule has 2 fully saturated rings. The van der Waals surface area contributed by atoms with Crippen LogP contribution in [0.25, 0.3) is 10.9 Å². The van der Waals surface area contributed by atoms with Crippen LogP contribution < -0.4 is 10.3 Å². The van der Waals surface area contributed by atoms with Gasteiger partial charge in [-0.1, -0.05) is 42.5 Å². The Morgan fingerprint density at radius 1 is 1.07 bits per heavy atom. The molecular weight excluding hydrogens is 384 g/mol. The standard InChI is InChI=1S/C23H20N2O5/c24-10-16-20(30-19-13-29-21-18(26)12-28-22(19)21)15-8-4-5-9-17(15)25(23(16)27)11-14-6-2-1-3-7-14/h1-9,18-19,21-22,26H,11-13H2/t18-,19?,21+,22+/m0/s1. The Morgan fingerprint density at radius 3 is 2.60 bits per heavy atom. The average Bonchev–Trinajstić information content (AvgIpc) is 3.35. The fraction of sp³-hybridized carbons (Fsp3) is 0.304. The average molecular weight is 404 g/mol. The molecule has 7 heteroatoms. The van der Waals surface area contributed by atoms with Crippen LogP contribution in [-0.2, 0) is 16.0 Å². The Hall–Kier alpha value is -3.18. The Morgan fingerprint density at radius 2 is 1.80 bits per heavy atom. The van der Waals surface area contributed by atoms with E-state index in [0.29, 0.717) is 17.4 Å². The predicted molar refractivity (Wildman–Crippen MR) is 108 cm³/mol. The highest BCUT2D eigenvalue weighted by Gasteiger charge is 2.48. The van der Waals surface area contributed by atoms with Gasteiger partial charge < -0.3 is 23.9 Å². The number of hydrogen-bond acceptors (Lipinski definition) is 6. The van der Waals surface area contributed by atoms with E-state index in [1.54, 1.807) is 4.57 Å². The van der Waals surface area contributed by atoms with E-state index in [1.165, 1.54) is 0 Å². The van der Waals surface area contributed by atoms with E-state index < -0.39 is 30.0 Å². The SMILES string of the molecule is N#Cc1c(OC2CO[C@H]3[C@@H]2OC[C@@H]3O)c2ccccc2n(Cc2ccccc2)c1=O. The Kier molecular flexibility index (Phi) is 4.75. The molecule has 0 spiro atoms. The van der Waals surface area contributed by atoms with E-state index in [1.807, 2.05) is 60.7 Å². The summed E-state index contributed by atoms with van der Waals surface area (Å²) in [5, 5.41) is 20.4. The minimum atomic E-state index is -0.699. The van der Waals surface area contributed by atoms with Crippen LogP contribution in [0, 0.1) is 11.3 Å². The van der Waals surface area contributed by atoms with Gasteiger partial charge in [-0.25, -0.2) is 0 Å². The zero-order chi connectivity index (χ0) is 20.7. The van der Waals surface area contributed by atoms with Gasteiger partial charge in [0.15, 0.2) is 17.4 Å². The number of nitrogens with zero attached hydrogens (tertiary/aromatic N) is 2. The van der Waals surface area contributed by atoms with Gasteiger partial charge in [0.25, 0.3) is 5.56 Å². The summed E-state index contributed by atoms with van der Waals surface area (Å²) in [6.07, 6.45) is -2.09. The van der Waals surface area contributed by atoms with E-state index in [-0.39, 0.29) is 24.5 Å². The molecule has 152 valence electrons. The number of nitriles is 1. The van der Waals surface area contributed by atoms with Crippen LogP contribution >= 0.6 is 0 Å². The molecule has 0 radical (unpaired) electrons. The topological polar surface area (TPSA) is 93.7 Å². The summed E-state index contributed by atoms with van der Waals surface area (Å²) >= 11 is 0. The number of aromatic nitrogens is 1. The van der Waals surface area contributed by atoms with Gasteiger partial charge in [-0.05, 0) is 17.7 Å². The summed E-state index contributed by atoms with van der Waals surface area (Å²) in [5.74, 6) is 0.238. The largest absolute Gasteiger partial charge is 0.483 e. The van der Waals surface area contributed by atoms with Crippen molar-refractivity contribution in [3.05, 3.63) is 76.1 Å². The van der Waals surface area contributed by atoms with E-state index in [4.69, 9.17) is 14.2 Å². The summed E-state index contributed by atoms with van der Waals surface area (Å²) in [7, 11) is 0. The molecule has 3 aromatic rings. The highest BCUT2D eigenvalue weighted by atomic mass is 16.6. The van der Waals surface area contributed by atoms with E-state index >= 15 is 0 Å². The first-order chi connectivity index (χ1) is 14.7. The summed E-state index contributed by atoms with van der Waals surface area (Å²) in [6, 6.07) is 19.0. The van der Waals surface area contributed by atoms with E-state index in [2.05, 4.69) is 0 Å². The zero-order valence-electron chi connectivity index (χ0n) is 16.1. The summed E-state index contributed by atoms with van der Waals surface area (Å²) in [5.41, 5.74) is 1.19. The summed E-state index contributed by atoms with van der Waals surface area (Å²) in [4.78, 5) is 13.3. The molecule has 0 amide bonds. The van der Waals surface area contributed by atoms with Crippen LogP contribution in [0.2, 0.25) is 0 Å². The number of fused-ring (bicyclic) bond motifs is 2. The lowest BCUT2D eigenvalue weighted by atomic mass is 10.1. The second kappa shape index (κ2) is 7.58. The van der Waals surface area contributed by atoms with Crippen LogP contribution in [0.4, 0.5) is 0 Å². The minimum absolute atomic E-state index is 0.0494. The molecule has 2 aromatic carbocycles. The third-order valence-corrected chi connectivity index (χ3v) is 5.67. The highest BCUT2D eigenvalue weighted by molar-refractivity contribution is 5.87. The molecule has 1 unspecified atom stereocenters. The first kappa shape index (κ1) is 18.8. The molecule has 5 rings (SSSR count). The molecule has 1 aromatic heterocycles. The van der Waals surface area contributed by atoms with Crippen molar-refractivity contribution in [2.45, 2.75) is 31.0 Å². The maximum absolute atomic E-state index is 13.3. The third kappa shape index (κ3) is 3.06. The van der Waals surface area contributed by atoms with Crippen molar-refractivity contribution >= 4 is 10.9 Å². The lowest BCUT2D eigenvalue weighted by Gasteiger charge is -2.21. The monoisotopic (exact) mass is 404 g/mol. The molecule has 0 bridgehead atoms. The van der Waals surface area contributed by atoms with Gasteiger partial charge in [-0.15, -0.1) is 0 Å². The number of ether oxygens (including phenoxy) is 3. The molecule has 4 atom stereocenters. The lowest BCUT2D eigenvalue weighted by molar-refractivity contribution is 0.00881. The van der Waals surface area contributed by atoms with Crippen LogP contribution in [-0.4, -0.2) is 47.3 Å². The number of hydrogen-bond donors (Lipinski definition) is 1. The molecule has 0 saturated carbocycles. The summed E-state index contributed by atoms with van der Waals surface area (Å²) < 4.78 is 19.0. The Bertz CT molecular complexity index is 1180. The first-order valence-electron chi connectivity index (χ1n) is 9.85. The van der Waals surface area contributed by atoms with Crippen molar-refractivity contribution in [2.75, 3.05) is 13.2 Å². The van der Waals surface area contributed by atoms with Crippen LogP contribution in [0.5, 0.6) is 5.75 Å². The first-order valence-corrected chi connectivity index (χ1v) is 9.85. The Balaban J connectivity index is 1.60. The van der Waals surface area contributed by atoms with Gasteiger partial charge in [0.05, 0.1) is 25.3 Å². The normalized spacial score (nSPS) is 25.2. The zero-order valence-corrected chi connectivity index (χ0v) is 16.1. The molecular formula is C23H20N2O5. The number of pyridine rings is 1. The maximum Gasteiger partial charge on any atom is 0.273 e. The Labute approximate surface area is 172 Å². The van der Waals surface area contributed by atoms with Crippen molar-refractivity contribution in [3.8, 4) is 11.8 Å². The van der Waals surface area contributed by atoms with Crippen LogP contribution in [0.1, 0.15) is 11.1 Å². The quantitative estimate of drug-likeness (QED) is 0.713. The molecule has 7 nitrogen and oxygen atoms in total.